The molecule has 0 aliphatic carbocycles. The zero-order chi connectivity index (χ0) is 16.2. The van der Waals surface area contributed by atoms with Crippen LogP contribution in [0.2, 0.25) is 0 Å². The first-order valence-corrected chi connectivity index (χ1v) is 7.64. The molecule has 0 atom stereocenters. The number of carbonyl (C=O) groups is 1. The van der Waals surface area contributed by atoms with Gasteiger partial charge in [0.1, 0.15) is 0 Å². The van der Waals surface area contributed by atoms with E-state index in [4.69, 9.17) is 0 Å². The maximum Gasteiger partial charge on any atom is 0.251 e. The second-order valence-corrected chi connectivity index (χ2v) is 5.53. The zero-order valence-electron chi connectivity index (χ0n) is 13.3. The Morgan fingerprint density at radius 2 is 1.96 bits per heavy atom. The molecule has 0 spiro atoms. The lowest BCUT2D eigenvalue weighted by atomic mass is 10.1. The number of amides is 1. The number of hydrogen-bond acceptors (Lipinski definition) is 4. The van der Waals surface area contributed by atoms with Gasteiger partial charge in [-0.2, -0.15) is 0 Å². The summed E-state index contributed by atoms with van der Waals surface area (Å²) in [6.07, 6.45) is 5.18. The van der Waals surface area contributed by atoms with Gasteiger partial charge in [0, 0.05) is 24.0 Å². The minimum Gasteiger partial charge on any atom is -0.352 e. The van der Waals surface area contributed by atoms with Gasteiger partial charge in [0.15, 0.2) is 0 Å². The third-order valence-electron chi connectivity index (χ3n) is 3.80. The van der Waals surface area contributed by atoms with Crippen molar-refractivity contribution in [3.8, 4) is 0 Å². The molecule has 0 saturated carbocycles. The maximum atomic E-state index is 12.2. The standard InChI is InChI=1S/C17H19N5O/c1-11-12(2)22-16-8-13(5-6-15(16)21-11)17(23)19-7-3-4-14-9-18-10-20-14/h5-6,8-10H,3-4,7H2,1-2H3,(H,18,20)(H,19,23). The lowest BCUT2D eigenvalue weighted by Crippen LogP contribution is -2.24. The predicted octanol–water partition coefficient (Wildman–Crippen LogP) is 2.33. The number of nitrogens with one attached hydrogen (secondary N) is 2. The number of hydrogen-bond donors (Lipinski definition) is 2. The summed E-state index contributed by atoms with van der Waals surface area (Å²) in [6.45, 7) is 4.47. The number of fused-ring (bicyclic) bond motifs is 1. The summed E-state index contributed by atoms with van der Waals surface area (Å²) >= 11 is 0. The third kappa shape index (κ3) is 3.53. The van der Waals surface area contributed by atoms with Crippen LogP contribution in [0.4, 0.5) is 0 Å². The van der Waals surface area contributed by atoms with Crippen molar-refractivity contribution >= 4 is 16.9 Å². The van der Waals surface area contributed by atoms with Crippen molar-refractivity contribution in [2.75, 3.05) is 6.54 Å². The summed E-state index contributed by atoms with van der Waals surface area (Å²) in [5.41, 5.74) is 5.04. The monoisotopic (exact) mass is 309 g/mol. The van der Waals surface area contributed by atoms with E-state index in [0.717, 1.165) is 41.0 Å². The summed E-state index contributed by atoms with van der Waals surface area (Å²) in [4.78, 5) is 28.2. The van der Waals surface area contributed by atoms with Gasteiger partial charge in [0.05, 0.1) is 28.7 Å². The van der Waals surface area contributed by atoms with E-state index in [2.05, 4.69) is 25.3 Å². The van der Waals surface area contributed by atoms with Crippen LogP contribution in [0.25, 0.3) is 11.0 Å². The fourth-order valence-electron chi connectivity index (χ4n) is 2.38. The SMILES string of the molecule is Cc1nc2ccc(C(=O)NCCCc3cnc[nH]3)cc2nc1C. The molecule has 0 saturated heterocycles. The fourth-order valence-corrected chi connectivity index (χ4v) is 2.38. The van der Waals surface area contributed by atoms with Gasteiger partial charge in [0.25, 0.3) is 5.91 Å². The highest BCUT2D eigenvalue weighted by Crippen LogP contribution is 2.14. The van der Waals surface area contributed by atoms with Crippen molar-refractivity contribution in [2.45, 2.75) is 26.7 Å². The van der Waals surface area contributed by atoms with Crippen LogP contribution in [0.3, 0.4) is 0 Å². The van der Waals surface area contributed by atoms with Crippen LogP contribution in [0, 0.1) is 13.8 Å². The highest BCUT2D eigenvalue weighted by atomic mass is 16.1. The van der Waals surface area contributed by atoms with Gasteiger partial charge in [-0.3, -0.25) is 4.79 Å². The van der Waals surface area contributed by atoms with Crippen molar-refractivity contribution in [3.05, 3.63) is 53.4 Å². The molecule has 0 aliphatic rings. The fraction of sp³-hybridized carbons (Fsp3) is 0.294. The lowest BCUT2D eigenvalue weighted by Gasteiger charge is -2.07. The molecule has 0 radical (unpaired) electrons. The molecule has 0 unspecified atom stereocenters. The Kier molecular flexibility index (Phi) is 4.32. The van der Waals surface area contributed by atoms with Crippen LogP contribution >= 0.6 is 0 Å². The molecule has 118 valence electrons. The van der Waals surface area contributed by atoms with Gasteiger partial charge in [-0.15, -0.1) is 0 Å². The number of benzene rings is 1. The average Bonchev–Trinajstić information content (AvgIpc) is 3.05. The van der Waals surface area contributed by atoms with Crippen LogP contribution in [0.5, 0.6) is 0 Å². The van der Waals surface area contributed by atoms with Crippen LogP contribution in [0.1, 0.15) is 33.9 Å². The minimum absolute atomic E-state index is 0.0865. The van der Waals surface area contributed by atoms with Crippen LogP contribution < -0.4 is 5.32 Å². The number of imidazole rings is 1. The van der Waals surface area contributed by atoms with Gasteiger partial charge in [-0.05, 0) is 44.9 Å². The first kappa shape index (κ1) is 15.1. The number of H-pyrrole nitrogens is 1. The number of aromatic amines is 1. The predicted molar refractivity (Wildman–Crippen MR) is 88.3 cm³/mol. The molecule has 0 bridgehead atoms. The smallest absolute Gasteiger partial charge is 0.251 e. The molecule has 3 rings (SSSR count). The first-order valence-electron chi connectivity index (χ1n) is 7.64. The molecule has 2 aromatic heterocycles. The maximum absolute atomic E-state index is 12.2. The molecule has 0 aliphatic heterocycles. The summed E-state index contributed by atoms with van der Waals surface area (Å²) in [7, 11) is 0. The van der Waals surface area contributed by atoms with Crippen LogP contribution in [-0.4, -0.2) is 32.4 Å². The van der Waals surface area contributed by atoms with Gasteiger partial charge >= 0.3 is 0 Å². The van der Waals surface area contributed by atoms with Crippen molar-refractivity contribution in [2.24, 2.45) is 0 Å². The van der Waals surface area contributed by atoms with E-state index in [9.17, 15) is 4.79 Å². The summed E-state index contributed by atoms with van der Waals surface area (Å²) in [5.74, 6) is -0.0865. The van der Waals surface area contributed by atoms with E-state index in [1.165, 1.54) is 0 Å². The number of carbonyl (C=O) groups excluding carboxylic acids is 1. The number of aromatic nitrogens is 4. The topological polar surface area (TPSA) is 83.6 Å². The molecule has 1 aromatic carbocycles. The Balaban J connectivity index is 1.62. The van der Waals surface area contributed by atoms with E-state index < -0.39 is 0 Å². The molecule has 2 N–H and O–H groups in total. The molecule has 1 amide bonds. The quantitative estimate of drug-likeness (QED) is 0.709. The van der Waals surface area contributed by atoms with E-state index in [1.807, 2.05) is 19.9 Å². The van der Waals surface area contributed by atoms with E-state index >= 15 is 0 Å². The van der Waals surface area contributed by atoms with Crippen molar-refractivity contribution in [1.82, 2.24) is 25.3 Å². The number of rotatable bonds is 5. The van der Waals surface area contributed by atoms with Gasteiger partial charge in [0.2, 0.25) is 0 Å². The number of aryl methyl sites for hydroxylation is 3. The van der Waals surface area contributed by atoms with Crippen molar-refractivity contribution in [1.29, 1.82) is 0 Å². The lowest BCUT2D eigenvalue weighted by molar-refractivity contribution is 0.0953. The van der Waals surface area contributed by atoms with Crippen molar-refractivity contribution < 1.29 is 4.79 Å². The second-order valence-electron chi connectivity index (χ2n) is 5.53. The molecule has 0 fully saturated rings. The summed E-state index contributed by atoms with van der Waals surface area (Å²) in [6, 6.07) is 5.42. The van der Waals surface area contributed by atoms with Crippen molar-refractivity contribution in [3.63, 3.8) is 0 Å². The Morgan fingerprint density at radius 3 is 2.70 bits per heavy atom. The van der Waals surface area contributed by atoms with Crippen LogP contribution in [0.15, 0.2) is 30.7 Å². The van der Waals surface area contributed by atoms with Gasteiger partial charge < -0.3 is 10.3 Å². The Labute approximate surface area is 134 Å². The van der Waals surface area contributed by atoms with Crippen LogP contribution in [-0.2, 0) is 6.42 Å². The molecular weight excluding hydrogens is 290 g/mol. The second kappa shape index (κ2) is 6.56. The number of nitrogens with zero attached hydrogens (tertiary/aromatic N) is 3. The van der Waals surface area contributed by atoms with Gasteiger partial charge in [-0.25, -0.2) is 15.0 Å². The normalized spacial score (nSPS) is 10.9. The highest BCUT2D eigenvalue weighted by Gasteiger charge is 2.08. The molecule has 2 heterocycles. The molecular formula is C17H19N5O. The minimum atomic E-state index is -0.0865. The Bertz CT molecular complexity index is 826. The molecule has 6 nitrogen and oxygen atoms in total. The molecule has 6 heteroatoms. The first-order chi connectivity index (χ1) is 11.1. The average molecular weight is 309 g/mol. The third-order valence-corrected chi connectivity index (χ3v) is 3.80. The molecule has 23 heavy (non-hydrogen) atoms. The van der Waals surface area contributed by atoms with E-state index in [0.29, 0.717) is 12.1 Å². The van der Waals surface area contributed by atoms with E-state index in [-0.39, 0.29) is 5.91 Å². The summed E-state index contributed by atoms with van der Waals surface area (Å²) in [5, 5.41) is 2.93. The molecule has 3 aromatic rings. The van der Waals surface area contributed by atoms with E-state index in [1.54, 1.807) is 24.7 Å². The largest absolute Gasteiger partial charge is 0.352 e. The zero-order valence-corrected chi connectivity index (χ0v) is 13.3. The van der Waals surface area contributed by atoms with Gasteiger partial charge in [-0.1, -0.05) is 0 Å². The Hall–Kier alpha value is -2.76. The summed E-state index contributed by atoms with van der Waals surface area (Å²) < 4.78 is 0. The highest BCUT2D eigenvalue weighted by molar-refractivity contribution is 5.97. The Morgan fingerprint density at radius 1 is 1.17 bits per heavy atom.